The van der Waals surface area contributed by atoms with Crippen molar-refractivity contribution in [3.63, 3.8) is 0 Å². The molecule has 0 aliphatic carbocycles. The number of ether oxygens (including phenoxy) is 1. The molecule has 8 heteroatoms. The first-order valence-electron chi connectivity index (χ1n) is 8.66. The molecule has 4 heterocycles. The number of amides is 2. The summed E-state index contributed by atoms with van der Waals surface area (Å²) in [7, 11) is 0. The van der Waals surface area contributed by atoms with Gasteiger partial charge in [-0.15, -0.1) is 0 Å². The molecule has 1 atom stereocenters. The molecule has 2 aromatic rings. The number of pyridine rings is 1. The van der Waals surface area contributed by atoms with Gasteiger partial charge in [-0.2, -0.15) is 4.98 Å². The quantitative estimate of drug-likeness (QED) is 0.887. The average molecular weight is 343 g/mol. The summed E-state index contributed by atoms with van der Waals surface area (Å²) < 4.78 is 10.8. The molecule has 4 rings (SSSR count). The number of hydrogen-bond donors (Lipinski definition) is 1. The lowest BCUT2D eigenvalue weighted by atomic mass is 9.93. The summed E-state index contributed by atoms with van der Waals surface area (Å²) in [6.07, 6.45) is 5.99. The van der Waals surface area contributed by atoms with E-state index in [9.17, 15) is 4.79 Å². The minimum atomic E-state index is -0.0675. The highest BCUT2D eigenvalue weighted by molar-refractivity contribution is 5.75. The van der Waals surface area contributed by atoms with E-state index < -0.39 is 0 Å². The molecule has 0 spiro atoms. The van der Waals surface area contributed by atoms with Gasteiger partial charge in [0.05, 0.1) is 0 Å². The molecule has 2 aliphatic rings. The molecule has 2 saturated heterocycles. The summed E-state index contributed by atoms with van der Waals surface area (Å²) in [4.78, 5) is 22.3. The van der Waals surface area contributed by atoms with Gasteiger partial charge in [0.15, 0.2) is 5.82 Å². The zero-order valence-electron chi connectivity index (χ0n) is 13.9. The molecule has 2 fully saturated rings. The molecule has 0 unspecified atom stereocenters. The van der Waals surface area contributed by atoms with Gasteiger partial charge < -0.3 is 19.5 Å². The van der Waals surface area contributed by atoms with E-state index in [-0.39, 0.29) is 12.1 Å². The summed E-state index contributed by atoms with van der Waals surface area (Å²) in [5, 5.41) is 6.86. The van der Waals surface area contributed by atoms with Gasteiger partial charge in [0, 0.05) is 51.0 Å². The maximum atomic E-state index is 12.1. The normalized spacial score (nSPS) is 20.5. The monoisotopic (exact) mass is 343 g/mol. The van der Waals surface area contributed by atoms with E-state index in [1.807, 2.05) is 12.1 Å². The first-order valence-corrected chi connectivity index (χ1v) is 8.66. The van der Waals surface area contributed by atoms with Crippen LogP contribution < -0.4 is 5.32 Å². The standard InChI is InChI=1S/C17H21N5O3/c23-17(22-10-13(11-22)12-3-6-18-7-4-12)19-8-5-15-20-16(25-21-15)14-2-1-9-24-14/h3-4,6-7,13-14H,1-2,5,8-11H2,(H,19,23)/t14-/m0/s1. The number of nitrogens with zero attached hydrogens (tertiary/aromatic N) is 4. The minimum absolute atomic E-state index is 0.0480. The largest absolute Gasteiger partial charge is 0.368 e. The van der Waals surface area contributed by atoms with Crippen molar-refractivity contribution in [2.75, 3.05) is 26.2 Å². The smallest absolute Gasteiger partial charge is 0.317 e. The second-order valence-electron chi connectivity index (χ2n) is 6.41. The number of carbonyl (C=O) groups excluding carboxylic acids is 1. The number of carbonyl (C=O) groups is 1. The molecule has 8 nitrogen and oxygen atoms in total. The van der Waals surface area contributed by atoms with E-state index in [1.54, 1.807) is 17.3 Å². The van der Waals surface area contributed by atoms with Gasteiger partial charge in [-0.25, -0.2) is 4.79 Å². The Kier molecular flexibility index (Phi) is 4.60. The van der Waals surface area contributed by atoms with Crippen LogP contribution in [0.2, 0.25) is 0 Å². The summed E-state index contributed by atoms with van der Waals surface area (Å²) in [6.45, 7) is 2.71. The van der Waals surface area contributed by atoms with Crippen molar-refractivity contribution in [2.24, 2.45) is 0 Å². The van der Waals surface area contributed by atoms with Crippen LogP contribution in [-0.4, -0.2) is 52.3 Å². The van der Waals surface area contributed by atoms with E-state index in [1.165, 1.54) is 5.56 Å². The van der Waals surface area contributed by atoms with Crippen molar-refractivity contribution in [1.29, 1.82) is 0 Å². The number of urea groups is 1. The predicted molar refractivity (Wildman–Crippen MR) is 87.9 cm³/mol. The lowest BCUT2D eigenvalue weighted by Gasteiger charge is -2.39. The predicted octanol–water partition coefficient (Wildman–Crippen LogP) is 1.67. The molecular formula is C17H21N5O3. The number of rotatable bonds is 5. The highest BCUT2D eigenvalue weighted by Crippen LogP contribution is 2.27. The fourth-order valence-electron chi connectivity index (χ4n) is 3.16. The molecule has 0 bridgehead atoms. The van der Waals surface area contributed by atoms with E-state index in [0.717, 1.165) is 32.5 Å². The third-order valence-electron chi connectivity index (χ3n) is 4.66. The van der Waals surface area contributed by atoms with Crippen molar-refractivity contribution in [3.05, 3.63) is 41.8 Å². The van der Waals surface area contributed by atoms with Crippen molar-refractivity contribution in [2.45, 2.75) is 31.3 Å². The Hall–Kier alpha value is -2.48. The Labute approximate surface area is 145 Å². The van der Waals surface area contributed by atoms with Crippen LogP contribution in [0.15, 0.2) is 29.0 Å². The van der Waals surface area contributed by atoms with Crippen LogP contribution in [0, 0.1) is 0 Å². The molecule has 132 valence electrons. The lowest BCUT2D eigenvalue weighted by Crippen LogP contribution is -2.52. The zero-order chi connectivity index (χ0) is 17.1. The fraction of sp³-hybridized carbons (Fsp3) is 0.529. The van der Waals surface area contributed by atoms with Crippen molar-refractivity contribution >= 4 is 6.03 Å². The molecular weight excluding hydrogens is 322 g/mol. The molecule has 25 heavy (non-hydrogen) atoms. The minimum Gasteiger partial charge on any atom is -0.368 e. The van der Waals surface area contributed by atoms with E-state index >= 15 is 0 Å². The molecule has 2 aliphatic heterocycles. The molecule has 2 aromatic heterocycles. The Morgan fingerprint density at radius 2 is 2.16 bits per heavy atom. The third kappa shape index (κ3) is 3.63. The number of likely N-dealkylation sites (tertiary alicyclic amines) is 1. The molecule has 2 amide bonds. The van der Waals surface area contributed by atoms with Gasteiger partial charge in [-0.05, 0) is 30.5 Å². The van der Waals surface area contributed by atoms with Crippen LogP contribution in [0.1, 0.15) is 42.1 Å². The second-order valence-corrected chi connectivity index (χ2v) is 6.41. The van der Waals surface area contributed by atoms with Crippen molar-refractivity contribution in [3.8, 4) is 0 Å². The Morgan fingerprint density at radius 1 is 1.32 bits per heavy atom. The van der Waals surface area contributed by atoms with Gasteiger partial charge in [0.1, 0.15) is 6.10 Å². The first-order chi connectivity index (χ1) is 12.3. The van der Waals surface area contributed by atoms with E-state index in [0.29, 0.717) is 30.6 Å². The number of nitrogens with one attached hydrogen (secondary N) is 1. The van der Waals surface area contributed by atoms with Gasteiger partial charge in [-0.1, -0.05) is 5.16 Å². The molecule has 0 radical (unpaired) electrons. The van der Waals surface area contributed by atoms with Crippen LogP contribution in [0.3, 0.4) is 0 Å². The number of aromatic nitrogens is 3. The first kappa shape index (κ1) is 16.0. The van der Waals surface area contributed by atoms with Crippen LogP contribution in [0.5, 0.6) is 0 Å². The third-order valence-corrected chi connectivity index (χ3v) is 4.66. The van der Waals surface area contributed by atoms with Gasteiger partial charge in [-0.3, -0.25) is 4.98 Å². The maximum Gasteiger partial charge on any atom is 0.317 e. The summed E-state index contributed by atoms with van der Waals surface area (Å²) in [5.41, 5.74) is 1.23. The lowest BCUT2D eigenvalue weighted by molar-refractivity contribution is 0.0835. The SMILES string of the molecule is O=C(NCCc1noc([C@@H]2CCCO2)n1)N1CC(c2ccncc2)C1. The summed E-state index contributed by atoms with van der Waals surface area (Å²) in [6, 6.07) is 3.96. The van der Waals surface area contributed by atoms with Crippen LogP contribution in [-0.2, 0) is 11.2 Å². The zero-order valence-corrected chi connectivity index (χ0v) is 13.9. The van der Waals surface area contributed by atoms with Crippen LogP contribution >= 0.6 is 0 Å². The second kappa shape index (κ2) is 7.18. The molecule has 0 saturated carbocycles. The Bertz CT molecular complexity index is 708. The van der Waals surface area contributed by atoms with E-state index in [2.05, 4.69) is 20.4 Å². The van der Waals surface area contributed by atoms with Gasteiger partial charge >= 0.3 is 6.03 Å². The van der Waals surface area contributed by atoms with Crippen LogP contribution in [0.25, 0.3) is 0 Å². The molecule has 1 N–H and O–H groups in total. The molecule has 0 aromatic carbocycles. The highest BCUT2D eigenvalue weighted by Gasteiger charge is 2.31. The Balaban J connectivity index is 1.19. The van der Waals surface area contributed by atoms with Crippen molar-refractivity contribution < 1.29 is 14.1 Å². The maximum absolute atomic E-state index is 12.1. The Morgan fingerprint density at radius 3 is 2.92 bits per heavy atom. The van der Waals surface area contributed by atoms with Gasteiger partial charge in [0.25, 0.3) is 5.89 Å². The van der Waals surface area contributed by atoms with Crippen molar-refractivity contribution in [1.82, 2.24) is 25.3 Å². The summed E-state index contributed by atoms with van der Waals surface area (Å²) >= 11 is 0. The fourth-order valence-corrected chi connectivity index (χ4v) is 3.16. The van der Waals surface area contributed by atoms with Crippen LogP contribution in [0.4, 0.5) is 4.79 Å². The van der Waals surface area contributed by atoms with Gasteiger partial charge in [0.2, 0.25) is 0 Å². The number of hydrogen-bond acceptors (Lipinski definition) is 6. The average Bonchev–Trinajstić information content (AvgIpc) is 3.26. The summed E-state index contributed by atoms with van der Waals surface area (Å²) in [5.74, 6) is 1.55. The topological polar surface area (TPSA) is 93.4 Å². The highest BCUT2D eigenvalue weighted by atomic mass is 16.5. The van der Waals surface area contributed by atoms with E-state index in [4.69, 9.17) is 9.26 Å².